The van der Waals surface area contributed by atoms with Gasteiger partial charge >= 0.3 is 0 Å². The number of nitrogens with zero attached hydrogens (tertiary/aromatic N) is 2. The number of fused-ring (bicyclic) bond motifs is 2. The molecule has 0 saturated carbocycles. The number of amides is 1. The highest BCUT2D eigenvalue weighted by atomic mass is 16.5. The number of hydrogen-bond acceptors (Lipinski definition) is 3. The van der Waals surface area contributed by atoms with E-state index in [-0.39, 0.29) is 5.91 Å². The Morgan fingerprint density at radius 1 is 1.11 bits per heavy atom. The van der Waals surface area contributed by atoms with Crippen LogP contribution in [0.5, 0.6) is 5.75 Å². The fourth-order valence-corrected chi connectivity index (χ4v) is 3.48. The molecule has 28 heavy (non-hydrogen) atoms. The van der Waals surface area contributed by atoms with Crippen molar-refractivity contribution in [3.8, 4) is 5.75 Å². The second-order valence-electron chi connectivity index (χ2n) is 6.84. The largest absolute Gasteiger partial charge is 0.491 e. The van der Waals surface area contributed by atoms with Crippen molar-refractivity contribution < 1.29 is 9.53 Å². The number of hydrogen-bond donors (Lipinski definition) is 1. The van der Waals surface area contributed by atoms with E-state index in [1.165, 1.54) is 0 Å². The first-order chi connectivity index (χ1) is 13.7. The average Bonchev–Trinajstić information content (AvgIpc) is 3.03. The Labute approximate surface area is 164 Å². The van der Waals surface area contributed by atoms with Gasteiger partial charge < -0.3 is 14.6 Å². The number of rotatable bonds is 7. The summed E-state index contributed by atoms with van der Waals surface area (Å²) in [7, 11) is 2.00. The molecule has 0 atom stereocenters. The molecule has 0 fully saturated rings. The van der Waals surface area contributed by atoms with Crippen LogP contribution in [-0.4, -0.2) is 28.6 Å². The Morgan fingerprint density at radius 3 is 2.89 bits per heavy atom. The van der Waals surface area contributed by atoms with Gasteiger partial charge in [-0.2, -0.15) is 0 Å². The van der Waals surface area contributed by atoms with Gasteiger partial charge in [0.25, 0.3) is 0 Å². The van der Waals surface area contributed by atoms with E-state index in [1.807, 2.05) is 55.7 Å². The maximum Gasteiger partial charge on any atom is 0.224 e. The Balaban J connectivity index is 1.26. The number of pyridine rings is 1. The van der Waals surface area contributed by atoms with Gasteiger partial charge in [-0.25, -0.2) is 0 Å². The van der Waals surface area contributed by atoms with E-state index in [4.69, 9.17) is 4.74 Å². The van der Waals surface area contributed by atoms with E-state index in [0.717, 1.165) is 39.5 Å². The van der Waals surface area contributed by atoms with E-state index < -0.39 is 0 Å². The van der Waals surface area contributed by atoms with Gasteiger partial charge in [0.15, 0.2) is 0 Å². The van der Waals surface area contributed by atoms with E-state index in [2.05, 4.69) is 27.0 Å². The summed E-state index contributed by atoms with van der Waals surface area (Å²) < 4.78 is 7.92. The molecule has 142 valence electrons. The first-order valence-electron chi connectivity index (χ1n) is 9.48. The topological polar surface area (TPSA) is 56.2 Å². The number of nitrogens with one attached hydrogen (secondary N) is 1. The lowest BCUT2D eigenvalue weighted by molar-refractivity contribution is -0.120. The molecule has 2 aromatic carbocycles. The minimum atomic E-state index is 0.0307. The Kier molecular flexibility index (Phi) is 5.24. The zero-order chi connectivity index (χ0) is 19.3. The average molecular weight is 373 g/mol. The van der Waals surface area contributed by atoms with Crippen LogP contribution < -0.4 is 10.1 Å². The SMILES string of the molecule is Cn1cc(CC(=O)NCCCOc2cccc3cccnc23)c2ccccc21. The molecule has 0 bridgehead atoms. The number of aromatic nitrogens is 2. The highest BCUT2D eigenvalue weighted by Gasteiger charge is 2.10. The molecule has 5 heteroatoms. The van der Waals surface area contributed by atoms with Crippen LogP contribution in [0.2, 0.25) is 0 Å². The van der Waals surface area contributed by atoms with Gasteiger partial charge in [0, 0.05) is 42.3 Å². The van der Waals surface area contributed by atoms with Gasteiger partial charge in [-0.3, -0.25) is 9.78 Å². The molecule has 5 nitrogen and oxygen atoms in total. The van der Waals surface area contributed by atoms with E-state index in [9.17, 15) is 4.79 Å². The molecule has 0 spiro atoms. The molecular weight excluding hydrogens is 350 g/mol. The first-order valence-corrected chi connectivity index (χ1v) is 9.48. The fraction of sp³-hybridized carbons (Fsp3) is 0.217. The van der Waals surface area contributed by atoms with Crippen molar-refractivity contribution in [3.63, 3.8) is 0 Å². The molecule has 0 aliphatic heterocycles. The normalized spacial score (nSPS) is 11.0. The maximum atomic E-state index is 12.3. The third kappa shape index (κ3) is 3.83. The lowest BCUT2D eigenvalue weighted by Crippen LogP contribution is -2.27. The fourth-order valence-electron chi connectivity index (χ4n) is 3.48. The Morgan fingerprint density at radius 2 is 1.96 bits per heavy atom. The van der Waals surface area contributed by atoms with Gasteiger partial charge in [-0.1, -0.05) is 36.4 Å². The number of para-hydroxylation sites is 2. The molecule has 0 saturated heterocycles. The highest BCUT2D eigenvalue weighted by Crippen LogP contribution is 2.23. The zero-order valence-electron chi connectivity index (χ0n) is 15.9. The second-order valence-corrected chi connectivity index (χ2v) is 6.84. The van der Waals surface area contributed by atoms with Crippen LogP contribution in [0.15, 0.2) is 67.0 Å². The lowest BCUT2D eigenvalue weighted by atomic mass is 10.1. The summed E-state index contributed by atoms with van der Waals surface area (Å²) in [5.41, 5.74) is 3.06. The van der Waals surface area contributed by atoms with Crippen LogP contribution >= 0.6 is 0 Å². The van der Waals surface area contributed by atoms with Crippen LogP contribution in [0, 0.1) is 0 Å². The third-order valence-corrected chi connectivity index (χ3v) is 4.83. The molecular formula is C23H23N3O2. The van der Waals surface area contributed by atoms with Crippen molar-refractivity contribution in [2.45, 2.75) is 12.8 Å². The first kappa shape index (κ1) is 18.0. The molecule has 0 unspecified atom stereocenters. The number of benzene rings is 2. The van der Waals surface area contributed by atoms with Crippen molar-refractivity contribution in [2.75, 3.05) is 13.2 Å². The van der Waals surface area contributed by atoms with Gasteiger partial charge in [0.1, 0.15) is 11.3 Å². The zero-order valence-corrected chi connectivity index (χ0v) is 15.9. The summed E-state index contributed by atoms with van der Waals surface area (Å²) in [5, 5.41) is 5.17. The molecule has 4 aromatic rings. The van der Waals surface area contributed by atoms with E-state index >= 15 is 0 Å². The van der Waals surface area contributed by atoms with Gasteiger partial charge in [-0.15, -0.1) is 0 Å². The minimum absolute atomic E-state index is 0.0307. The number of carbonyl (C=O) groups is 1. The highest BCUT2D eigenvalue weighted by molar-refractivity contribution is 5.89. The van der Waals surface area contributed by atoms with E-state index in [1.54, 1.807) is 6.20 Å². The Bertz CT molecular complexity index is 1110. The molecule has 1 amide bonds. The van der Waals surface area contributed by atoms with Crippen molar-refractivity contribution in [1.82, 2.24) is 14.9 Å². The van der Waals surface area contributed by atoms with Crippen molar-refractivity contribution in [3.05, 3.63) is 72.6 Å². The van der Waals surface area contributed by atoms with Crippen LogP contribution in [0.4, 0.5) is 0 Å². The summed E-state index contributed by atoms with van der Waals surface area (Å²) in [4.78, 5) is 16.7. The van der Waals surface area contributed by atoms with Gasteiger partial charge in [0.05, 0.1) is 13.0 Å². The minimum Gasteiger partial charge on any atom is -0.491 e. The molecule has 0 radical (unpaired) electrons. The monoisotopic (exact) mass is 373 g/mol. The molecule has 4 rings (SSSR count). The molecule has 2 aromatic heterocycles. The van der Waals surface area contributed by atoms with Gasteiger partial charge in [0.2, 0.25) is 5.91 Å². The quantitative estimate of drug-likeness (QED) is 0.501. The summed E-state index contributed by atoms with van der Waals surface area (Å²) in [6, 6.07) is 18.0. The molecule has 2 heterocycles. The summed E-state index contributed by atoms with van der Waals surface area (Å²) in [6.07, 6.45) is 4.92. The number of carbonyl (C=O) groups excluding carboxylic acids is 1. The van der Waals surface area contributed by atoms with Crippen LogP contribution in [0.25, 0.3) is 21.8 Å². The van der Waals surface area contributed by atoms with Crippen molar-refractivity contribution >= 4 is 27.7 Å². The van der Waals surface area contributed by atoms with Crippen molar-refractivity contribution in [1.29, 1.82) is 0 Å². The standard InChI is InChI=1S/C23H23N3O2/c1-26-16-18(19-9-2-3-10-20(19)26)15-22(27)24-13-6-14-28-21-11-4-7-17-8-5-12-25-23(17)21/h2-5,7-12,16H,6,13-15H2,1H3,(H,24,27). The molecule has 0 aliphatic carbocycles. The Hall–Kier alpha value is -3.34. The van der Waals surface area contributed by atoms with Crippen LogP contribution in [0.1, 0.15) is 12.0 Å². The van der Waals surface area contributed by atoms with Crippen LogP contribution in [-0.2, 0) is 18.3 Å². The summed E-state index contributed by atoms with van der Waals surface area (Å²) in [5.74, 6) is 0.809. The van der Waals surface area contributed by atoms with Crippen LogP contribution in [0.3, 0.4) is 0 Å². The predicted octanol–water partition coefficient (Wildman–Crippen LogP) is 3.85. The maximum absolute atomic E-state index is 12.3. The number of aryl methyl sites for hydroxylation is 1. The predicted molar refractivity (Wildman–Crippen MR) is 111 cm³/mol. The summed E-state index contributed by atoms with van der Waals surface area (Å²) >= 11 is 0. The smallest absolute Gasteiger partial charge is 0.224 e. The lowest BCUT2D eigenvalue weighted by Gasteiger charge is -2.09. The molecule has 1 N–H and O–H groups in total. The van der Waals surface area contributed by atoms with Gasteiger partial charge in [-0.05, 0) is 30.2 Å². The number of ether oxygens (including phenoxy) is 1. The summed E-state index contributed by atoms with van der Waals surface area (Å²) in [6.45, 7) is 1.12. The second kappa shape index (κ2) is 8.13. The van der Waals surface area contributed by atoms with E-state index in [0.29, 0.717) is 19.6 Å². The van der Waals surface area contributed by atoms with Crippen molar-refractivity contribution in [2.24, 2.45) is 7.05 Å². The molecule has 0 aliphatic rings. The third-order valence-electron chi connectivity index (χ3n) is 4.83.